The zero-order valence-electron chi connectivity index (χ0n) is 13.2. The van der Waals surface area contributed by atoms with Crippen LogP contribution in [0.5, 0.6) is 0 Å². The molecule has 0 fully saturated rings. The van der Waals surface area contributed by atoms with Crippen LogP contribution >= 0.6 is 0 Å². The standard InChI is InChI=1S/C16H16N4O4/c1-11(12-5-3-6-13(9-12)20(21)22)19(2)10-15-17-18-16(24-15)14-7-4-8-23-14/h3-9,11H,10H2,1-2H3/t11-/m0/s1. The number of non-ortho nitro benzene ring substituents is 1. The molecule has 124 valence electrons. The molecule has 8 heteroatoms. The van der Waals surface area contributed by atoms with Crippen molar-refractivity contribution in [1.29, 1.82) is 0 Å². The molecule has 1 atom stereocenters. The molecule has 0 unspecified atom stereocenters. The van der Waals surface area contributed by atoms with Crippen LogP contribution in [-0.4, -0.2) is 27.1 Å². The molecule has 0 spiro atoms. The molecule has 0 N–H and O–H groups in total. The fourth-order valence-electron chi connectivity index (χ4n) is 2.32. The third-order valence-corrected chi connectivity index (χ3v) is 3.81. The van der Waals surface area contributed by atoms with E-state index in [1.165, 1.54) is 12.3 Å². The van der Waals surface area contributed by atoms with E-state index in [0.717, 1.165) is 5.56 Å². The van der Waals surface area contributed by atoms with Crippen LogP contribution in [0.3, 0.4) is 0 Å². The van der Waals surface area contributed by atoms with Crippen LogP contribution in [0, 0.1) is 10.1 Å². The van der Waals surface area contributed by atoms with Gasteiger partial charge in [0, 0.05) is 18.2 Å². The third-order valence-electron chi connectivity index (χ3n) is 3.81. The summed E-state index contributed by atoms with van der Waals surface area (Å²) in [4.78, 5) is 12.5. The number of benzene rings is 1. The first-order chi connectivity index (χ1) is 11.5. The summed E-state index contributed by atoms with van der Waals surface area (Å²) in [6.07, 6.45) is 1.54. The predicted molar refractivity (Wildman–Crippen MR) is 85.0 cm³/mol. The van der Waals surface area contributed by atoms with E-state index >= 15 is 0 Å². The summed E-state index contributed by atoms with van der Waals surface area (Å²) >= 11 is 0. The lowest BCUT2D eigenvalue weighted by Crippen LogP contribution is -2.22. The van der Waals surface area contributed by atoms with Gasteiger partial charge in [-0.1, -0.05) is 12.1 Å². The van der Waals surface area contributed by atoms with Crippen LogP contribution in [0.1, 0.15) is 24.4 Å². The van der Waals surface area contributed by atoms with Crippen molar-refractivity contribution >= 4 is 5.69 Å². The molecular formula is C16H16N4O4. The topological polar surface area (TPSA) is 98.4 Å². The number of nitro groups is 1. The van der Waals surface area contributed by atoms with Gasteiger partial charge in [0.1, 0.15) is 0 Å². The van der Waals surface area contributed by atoms with Gasteiger partial charge in [-0.15, -0.1) is 10.2 Å². The van der Waals surface area contributed by atoms with Gasteiger partial charge < -0.3 is 8.83 Å². The fourth-order valence-corrected chi connectivity index (χ4v) is 2.32. The highest BCUT2D eigenvalue weighted by Gasteiger charge is 2.18. The Labute approximate surface area is 137 Å². The number of nitrogens with zero attached hydrogens (tertiary/aromatic N) is 4. The van der Waals surface area contributed by atoms with Crippen LogP contribution in [0.2, 0.25) is 0 Å². The zero-order chi connectivity index (χ0) is 17.1. The molecule has 0 aliphatic heterocycles. The SMILES string of the molecule is C[C@@H](c1cccc([N+](=O)[O-])c1)N(C)Cc1nnc(-c2ccco2)o1. The van der Waals surface area contributed by atoms with Crippen molar-refractivity contribution < 1.29 is 13.8 Å². The molecule has 0 amide bonds. The van der Waals surface area contributed by atoms with E-state index in [1.54, 1.807) is 24.3 Å². The van der Waals surface area contributed by atoms with Gasteiger partial charge in [0.15, 0.2) is 5.76 Å². The van der Waals surface area contributed by atoms with Crippen molar-refractivity contribution in [3.8, 4) is 11.7 Å². The maximum atomic E-state index is 10.9. The molecule has 3 aromatic rings. The molecule has 0 bridgehead atoms. The average molecular weight is 328 g/mol. The Hall–Kier alpha value is -3.00. The second-order valence-corrected chi connectivity index (χ2v) is 5.42. The molecule has 0 radical (unpaired) electrons. The molecule has 8 nitrogen and oxygen atoms in total. The van der Waals surface area contributed by atoms with E-state index in [4.69, 9.17) is 8.83 Å². The van der Waals surface area contributed by atoms with E-state index in [0.29, 0.717) is 24.1 Å². The number of hydrogen-bond donors (Lipinski definition) is 0. The minimum atomic E-state index is -0.399. The lowest BCUT2D eigenvalue weighted by atomic mass is 10.1. The number of nitro benzene ring substituents is 1. The summed E-state index contributed by atoms with van der Waals surface area (Å²) < 4.78 is 10.8. The first-order valence-electron chi connectivity index (χ1n) is 7.35. The number of hydrogen-bond acceptors (Lipinski definition) is 7. The van der Waals surface area contributed by atoms with Gasteiger partial charge in [0.2, 0.25) is 5.89 Å². The van der Waals surface area contributed by atoms with Crippen molar-refractivity contribution in [2.75, 3.05) is 7.05 Å². The average Bonchev–Trinajstić information content (AvgIpc) is 3.25. The monoisotopic (exact) mass is 328 g/mol. The fraction of sp³-hybridized carbons (Fsp3) is 0.250. The second kappa shape index (κ2) is 6.63. The van der Waals surface area contributed by atoms with E-state index in [2.05, 4.69) is 10.2 Å². The van der Waals surface area contributed by atoms with Crippen molar-refractivity contribution in [1.82, 2.24) is 15.1 Å². The molecule has 3 rings (SSSR count). The quantitative estimate of drug-likeness (QED) is 0.505. The van der Waals surface area contributed by atoms with Gasteiger partial charge in [-0.3, -0.25) is 15.0 Å². The highest BCUT2D eigenvalue weighted by molar-refractivity contribution is 5.42. The van der Waals surface area contributed by atoms with Crippen LogP contribution < -0.4 is 0 Å². The smallest absolute Gasteiger partial charge is 0.283 e. The van der Waals surface area contributed by atoms with Gasteiger partial charge >= 0.3 is 0 Å². The van der Waals surface area contributed by atoms with Crippen molar-refractivity contribution in [3.05, 3.63) is 64.2 Å². The lowest BCUT2D eigenvalue weighted by molar-refractivity contribution is -0.384. The Bertz CT molecular complexity index is 828. The van der Waals surface area contributed by atoms with Gasteiger partial charge in [-0.25, -0.2) is 0 Å². The minimum absolute atomic E-state index is 0.0520. The Kier molecular flexibility index (Phi) is 4.39. The summed E-state index contributed by atoms with van der Waals surface area (Å²) in [5, 5.41) is 18.9. The van der Waals surface area contributed by atoms with Gasteiger partial charge in [0.25, 0.3) is 11.6 Å². The Morgan fingerprint density at radius 1 is 1.29 bits per heavy atom. The highest BCUT2D eigenvalue weighted by atomic mass is 16.6. The number of furan rings is 1. The summed E-state index contributed by atoms with van der Waals surface area (Å²) in [5.74, 6) is 1.29. The number of aromatic nitrogens is 2. The molecule has 0 aliphatic carbocycles. The molecular weight excluding hydrogens is 312 g/mol. The predicted octanol–water partition coefficient (Wildman–Crippen LogP) is 3.43. The number of rotatable bonds is 6. The van der Waals surface area contributed by atoms with Crippen molar-refractivity contribution in [2.45, 2.75) is 19.5 Å². The Balaban J connectivity index is 1.71. The summed E-state index contributed by atoms with van der Waals surface area (Å²) in [5.41, 5.74) is 0.920. The maximum absolute atomic E-state index is 10.9. The molecule has 1 aromatic carbocycles. The van der Waals surface area contributed by atoms with Crippen molar-refractivity contribution in [3.63, 3.8) is 0 Å². The van der Waals surface area contributed by atoms with Gasteiger partial charge in [-0.05, 0) is 31.7 Å². The molecule has 2 aromatic heterocycles. The molecule has 2 heterocycles. The van der Waals surface area contributed by atoms with E-state index in [9.17, 15) is 10.1 Å². The van der Waals surface area contributed by atoms with Crippen molar-refractivity contribution in [2.24, 2.45) is 0 Å². The first-order valence-corrected chi connectivity index (χ1v) is 7.35. The summed E-state index contributed by atoms with van der Waals surface area (Å²) in [6, 6.07) is 10.0. The second-order valence-electron chi connectivity index (χ2n) is 5.42. The lowest BCUT2D eigenvalue weighted by Gasteiger charge is -2.23. The highest BCUT2D eigenvalue weighted by Crippen LogP contribution is 2.25. The zero-order valence-corrected chi connectivity index (χ0v) is 13.2. The minimum Gasteiger partial charge on any atom is -0.459 e. The van der Waals surface area contributed by atoms with Crippen LogP contribution in [0.15, 0.2) is 51.5 Å². The Morgan fingerprint density at radius 3 is 2.83 bits per heavy atom. The molecule has 0 aliphatic rings. The van der Waals surface area contributed by atoms with Crippen LogP contribution in [0.4, 0.5) is 5.69 Å². The van der Waals surface area contributed by atoms with Gasteiger partial charge in [0.05, 0.1) is 17.7 Å². The largest absolute Gasteiger partial charge is 0.459 e. The molecule has 0 saturated carbocycles. The van der Waals surface area contributed by atoms with Gasteiger partial charge in [-0.2, -0.15) is 0 Å². The van der Waals surface area contributed by atoms with E-state index < -0.39 is 4.92 Å². The molecule has 24 heavy (non-hydrogen) atoms. The molecule has 0 saturated heterocycles. The van der Waals surface area contributed by atoms with Crippen LogP contribution in [-0.2, 0) is 6.54 Å². The maximum Gasteiger partial charge on any atom is 0.283 e. The van der Waals surface area contributed by atoms with Crippen LogP contribution in [0.25, 0.3) is 11.7 Å². The Morgan fingerprint density at radius 2 is 2.12 bits per heavy atom. The third kappa shape index (κ3) is 3.33. The normalized spacial score (nSPS) is 12.5. The summed E-state index contributed by atoms with van der Waals surface area (Å²) in [6.45, 7) is 2.38. The summed E-state index contributed by atoms with van der Waals surface area (Å²) in [7, 11) is 1.89. The first kappa shape index (κ1) is 15.9. The van der Waals surface area contributed by atoms with E-state index in [1.807, 2.05) is 24.9 Å². The van der Waals surface area contributed by atoms with E-state index in [-0.39, 0.29) is 11.7 Å².